The molecule has 3 aromatic heterocycles. The normalized spacial score (nSPS) is 15.4. The molecule has 1 N–H and O–H groups in total. The number of H-pyrrole nitrogens is 1. The number of carbonyl (C=O) groups is 1. The largest absolute Gasteiger partial charge is 0.444 e. The number of fused-ring (bicyclic) bond motifs is 1. The van der Waals surface area contributed by atoms with E-state index in [1.54, 1.807) is 17.0 Å². The summed E-state index contributed by atoms with van der Waals surface area (Å²) in [5.41, 5.74) is 6.52. The Morgan fingerprint density at radius 2 is 1.91 bits per heavy atom. The third-order valence-corrected chi connectivity index (χ3v) is 8.10. The Balaban J connectivity index is 1.40. The molecular weight excluding hydrogens is 571 g/mol. The van der Waals surface area contributed by atoms with E-state index in [2.05, 4.69) is 35.1 Å². The lowest BCUT2D eigenvalue weighted by Gasteiger charge is -2.27. The molecule has 45 heavy (non-hydrogen) atoms. The monoisotopic (exact) mass is 610 g/mol. The van der Waals surface area contributed by atoms with Gasteiger partial charge in [0.25, 0.3) is 0 Å². The molecule has 1 aliphatic rings. The van der Waals surface area contributed by atoms with E-state index >= 15 is 0 Å². The number of benzene rings is 2. The number of nitrogens with zero attached hydrogens (tertiary/aromatic N) is 5. The molecule has 0 radical (unpaired) electrons. The summed E-state index contributed by atoms with van der Waals surface area (Å²) in [5.74, 6) is 0.325. The number of aromatic nitrogens is 5. The molecule has 6 rings (SSSR count). The van der Waals surface area contributed by atoms with Gasteiger partial charge in [-0.15, -0.1) is 0 Å². The second-order valence-electron chi connectivity index (χ2n) is 12.5. The third kappa shape index (κ3) is 6.47. The van der Waals surface area contributed by atoms with Gasteiger partial charge in [0.05, 0.1) is 17.8 Å². The van der Waals surface area contributed by atoms with Crippen molar-refractivity contribution in [3.63, 3.8) is 0 Å². The summed E-state index contributed by atoms with van der Waals surface area (Å²) in [7, 11) is 0. The van der Waals surface area contributed by atoms with Crippen molar-refractivity contribution in [3.8, 4) is 33.9 Å². The number of amides is 1. The number of imidazole rings is 1. The van der Waals surface area contributed by atoms with E-state index in [1.807, 2.05) is 51.0 Å². The van der Waals surface area contributed by atoms with Crippen molar-refractivity contribution >= 4 is 17.0 Å². The predicted octanol–water partition coefficient (Wildman–Crippen LogP) is 8.06. The number of nitrogens with one attached hydrogen (secondary N) is 1. The average Bonchev–Trinajstić information content (AvgIpc) is 3.65. The molecule has 0 saturated carbocycles. The lowest BCUT2D eigenvalue weighted by Crippen LogP contribution is -2.36. The number of ether oxygens (including phenoxy) is 2. The number of hydrogen-bond donors (Lipinski definition) is 1. The molecule has 1 fully saturated rings. The van der Waals surface area contributed by atoms with Crippen LogP contribution in [0.15, 0.2) is 61.1 Å². The van der Waals surface area contributed by atoms with E-state index < -0.39 is 5.60 Å². The van der Waals surface area contributed by atoms with E-state index in [-0.39, 0.29) is 18.1 Å². The van der Waals surface area contributed by atoms with Crippen LogP contribution in [0.2, 0.25) is 0 Å². The topological polar surface area (TPSA) is 98.2 Å². The van der Waals surface area contributed by atoms with Crippen molar-refractivity contribution in [1.82, 2.24) is 29.6 Å². The van der Waals surface area contributed by atoms with Crippen molar-refractivity contribution in [3.05, 3.63) is 78.0 Å². The number of pyridine rings is 1. The van der Waals surface area contributed by atoms with Crippen LogP contribution < -0.4 is 0 Å². The Labute approximate surface area is 262 Å². The van der Waals surface area contributed by atoms with Gasteiger partial charge in [-0.1, -0.05) is 6.07 Å². The molecule has 1 saturated heterocycles. The first-order valence-electron chi connectivity index (χ1n) is 15.5. The van der Waals surface area contributed by atoms with Crippen molar-refractivity contribution in [1.29, 1.82) is 0 Å². The third-order valence-electron chi connectivity index (χ3n) is 8.10. The second-order valence-corrected chi connectivity index (χ2v) is 12.5. The first-order chi connectivity index (χ1) is 21.6. The fourth-order valence-corrected chi connectivity index (χ4v) is 5.69. The van der Waals surface area contributed by atoms with Crippen LogP contribution in [0, 0.1) is 12.7 Å². The molecule has 1 unspecified atom stereocenters. The fourth-order valence-electron chi connectivity index (χ4n) is 5.69. The molecular formula is C35H39FN6O3. The van der Waals surface area contributed by atoms with Crippen LogP contribution in [0.4, 0.5) is 9.18 Å². The number of aromatic amines is 1. The van der Waals surface area contributed by atoms with Gasteiger partial charge in [-0.25, -0.2) is 18.9 Å². The number of carbonyl (C=O) groups excluding carboxylic acids is 1. The Morgan fingerprint density at radius 1 is 1.13 bits per heavy atom. The second kappa shape index (κ2) is 12.4. The van der Waals surface area contributed by atoms with E-state index in [0.717, 1.165) is 58.0 Å². The van der Waals surface area contributed by atoms with Crippen LogP contribution in [0.5, 0.6) is 0 Å². The first kappa shape index (κ1) is 30.5. The highest BCUT2D eigenvalue weighted by Gasteiger charge is 2.25. The predicted molar refractivity (Wildman–Crippen MR) is 172 cm³/mol. The van der Waals surface area contributed by atoms with Crippen LogP contribution in [-0.2, 0) is 16.0 Å². The zero-order chi connectivity index (χ0) is 31.7. The van der Waals surface area contributed by atoms with Gasteiger partial charge in [0.15, 0.2) is 12.1 Å². The summed E-state index contributed by atoms with van der Waals surface area (Å²) in [6.45, 7) is 11.2. The molecule has 5 aromatic rings. The van der Waals surface area contributed by atoms with Gasteiger partial charge in [-0.2, -0.15) is 5.10 Å². The van der Waals surface area contributed by atoms with Crippen molar-refractivity contribution < 1.29 is 18.7 Å². The van der Waals surface area contributed by atoms with Gasteiger partial charge < -0.3 is 19.4 Å². The lowest BCUT2D eigenvalue weighted by atomic mass is 9.97. The molecule has 10 heteroatoms. The van der Waals surface area contributed by atoms with Gasteiger partial charge in [-0.05, 0) is 107 Å². The fraction of sp³-hybridized carbons (Fsp3) is 0.371. The summed E-state index contributed by atoms with van der Waals surface area (Å²) in [6, 6.07) is 12.6. The van der Waals surface area contributed by atoms with Gasteiger partial charge in [0.1, 0.15) is 17.1 Å². The maximum atomic E-state index is 13.6. The minimum atomic E-state index is -0.576. The summed E-state index contributed by atoms with van der Waals surface area (Å²) in [5, 5.41) is 5.97. The molecule has 2 aromatic carbocycles. The van der Waals surface area contributed by atoms with E-state index in [1.165, 1.54) is 12.1 Å². The summed E-state index contributed by atoms with van der Waals surface area (Å²) in [6.07, 6.45) is 7.97. The zero-order valence-electron chi connectivity index (χ0n) is 26.4. The minimum Gasteiger partial charge on any atom is -0.444 e. The molecule has 0 spiro atoms. The SMILES string of the molecule is CCN(Cc1cncc(-c2ccc3c(c2)c(-c2nc(-c4ccc(F)cc4)c[nH]2)nn3C2CCCCO2)c1C)C(=O)OC(C)(C)C. The van der Waals surface area contributed by atoms with Gasteiger partial charge in [0, 0.05) is 48.3 Å². The molecule has 234 valence electrons. The Bertz CT molecular complexity index is 1820. The quantitative estimate of drug-likeness (QED) is 0.200. The molecule has 9 nitrogen and oxygen atoms in total. The van der Waals surface area contributed by atoms with Gasteiger partial charge in [-0.3, -0.25) is 4.98 Å². The first-order valence-corrected chi connectivity index (χ1v) is 15.5. The molecule has 0 aliphatic carbocycles. The van der Waals surface area contributed by atoms with Crippen LogP contribution in [0.3, 0.4) is 0 Å². The van der Waals surface area contributed by atoms with E-state index in [4.69, 9.17) is 19.6 Å². The van der Waals surface area contributed by atoms with Crippen LogP contribution in [0.1, 0.15) is 64.3 Å². The van der Waals surface area contributed by atoms with Crippen LogP contribution in [-0.4, -0.2) is 54.5 Å². The summed E-state index contributed by atoms with van der Waals surface area (Å²) in [4.78, 5) is 27.2. The van der Waals surface area contributed by atoms with Gasteiger partial charge in [0.2, 0.25) is 0 Å². The Hall–Kier alpha value is -4.57. The minimum absolute atomic E-state index is 0.160. The molecule has 0 bridgehead atoms. The highest BCUT2D eigenvalue weighted by molar-refractivity contribution is 5.95. The van der Waals surface area contributed by atoms with Crippen molar-refractivity contribution in [2.75, 3.05) is 13.2 Å². The summed E-state index contributed by atoms with van der Waals surface area (Å²) >= 11 is 0. The molecule has 1 amide bonds. The number of hydrogen-bond acceptors (Lipinski definition) is 6. The molecule has 1 aliphatic heterocycles. The smallest absolute Gasteiger partial charge is 0.410 e. The standard InChI is InChI=1S/C35H39FN6O3/c1-6-41(34(43)45-35(3,4)5)21-25-18-37-19-28(22(25)2)24-12-15-30-27(17-24)32(40-42(30)31-9-7-8-16-44-31)33-38-20-29(39-33)23-10-13-26(36)14-11-23/h10-15,17-20,31H,6-9,16,21H2,1-5H3,(H,38,39). The molecule has 4 heterocycles. The zero-order valence-corrected chi connectivity index (χ0v) is 26.4. The number of rotatable bonds is 7. The number of halogens is 1. The van der Waals surface area contributed by atoms with Crippen LogP contribution in [0.25, 0.3) is 44.8 Å². The highest BCUT2D eigenvalue weighted by atomic mass is 19.1. The molecule has 1 atom stereocenters. The maximum Gasteiger partial charge on any atom is 0.410 e. The van der Waals surface area contributed by atoms with E-state index in [0.29, 0.717) is 36.9 Å². The van der Waals surface area contributed by atoms with Crippen molar-refractivity contribution in [2.24, 2.45) is 0 Å². The van der Waals surface area contributed by atoms with Gasteiger partial charge >= 0.3 is 6.09 Å². The highest BCUT2D eigenvalue weighted by Crippen LogP contribution is 2.36. The average molecular weight is 611 g/mol. The van der Waals surface area contributed by atoms with Crippen LogP contribution >= 0.6 is 0 Å². The van der Waals surface area contributed by atoms with Crippen molar-refractivity contribution in [2.45, 2.75) is 72.3 Å². The Kier molecular flexibility index (Phi) is 8.42. The summed E-state index contributed by atoms with van der Waals surface area (Å²) < 4.78 is 27.3. The lowest BCUT2D eigenvalue weighted by molar-refractivity contribution is -0.0365. The Morgan fingerprint density at radius 3 is 2.62 bits per heavy atom. The maximum absolute atomic E-state index is 13.6. The van der Waals surface area contributed by atoms with E-state index in [9.17, 15) is 9.18 Å².